The van der Waals surface area contributed by atoms with Gasteiger partial charge in [-0.2, -0.15) is 10.4 Å². The second kappa shape index (κ2) is 6.08. The summed E-state index contributed by atoms with van der Waals surface area (Å²) >= 11 is 10.3. The Morgan fingerprint density at radius 3 is 3.09 bits per heavy atom. The molecule has 2 aromatic rings. The van der Waals surface area contributed by atoms with Gasteiger partial charge in [0.15, 0.2) is 6.23 Å². The van der Waals surface area contributed by atoms with Crippen LogP contribution < -0.4 is 0 Å². The van der Waals surface area contributed by atoms with Gasteiger partial charge in [-0.1, -0.05) is 11.6 Å². The van der Waals surface area contributed by atoms with Crippen molar-refractivity contribution in [3.05, 3.63) is 27.3 Å². The number of ether oxygens (including phenoxy) is 1. The fraction of sp³-hybridized carbons (Fsp3) is 0.529. The Morgan fingerprint density at radius 2 is 2.35 bits per heavy atom. The third-order valence-electron chi connectivity index (χ3n) is 4.90. The molecule has 0 spiro atoms. The Kier molecular flexibility index (Phi) is 4.08. The molecule has 0 radical (unpaired) electrons. The van der Waals surface area contributed by atoms with E-state index in [2.05, 4.69) is 27.1 Å². The van der Waals surface area contributed by atoms with E-state index < -0.39 is 0 Å². The number of nitrogens with zero attached hydrogens (tertiary/aromatic N) is 3. The maximum Gasteiger partial charge on any atom is 0.150 e. The van der Waals surface area contributed by atoms with Gasteiger partial charge in [-0.05, 0) is 65.1 Å². The number of fused-ring (bicyclic) bond motifs is 1. The summed E-state index contributed by atoms with van der Waals surface area (Å²) in [6, 6.07) is 4.26. The van der Waals surface area contributed by atoms with Crippen LogP contribution in [0.1, 0.15) is 49.8 Å². The van der Waals surface area contributed by atoms with E-state index in [4.69, 9.17) is 21.6 Å². The van der Waals surface area contributed by atoms with Crippen LogP contribution in [0.4, 0.5) is 0 Å². The van der Waals surface area contributed by atoms with E-state index in [1.54, 1.807) is 0 Å². The smallest absolute Gasteiger partial charge is 0.150 e. The number of hydrogen-bond acceptors (Lipinski definition) is 3. The molecular formula is C17H17BrClN3O. The van der Waals surface area contributed by atoms with Gasteiger partial charge in [0.1, 0.15) is 0 Å². The van der Waals surface area contributed by atoms with Crippen LogP contribution in [0.2, 0.25) is 5.02 Å². The highest BCUT2D eigenvalue weighted by Crippen LogP contribution is 2.54. The van der Waals surface area contributed by atoms with E-state index >= 15 is 0 Å². The van der Waals surface area contributed by atoms with Gasteiger partial charge in [0.2, 0.25) is 0 Å². The molecule has 6 heteroatoms. The minimum atomic E-state index is 0.00216. The summed E-state index contributed by atoms with van der Waals surface area (Å²) in [6.07, 6.45) is 6.79. The molecule has 2 fully saturated rings. The highest BCUT2D eigenvalue weighted by molar-refractivity contribution is 9.10. The Bertz CT molecular complexity index is 791. The van der Waals surface area contributed by atoms with Crippen LogP contribution >= 0.6 is 27.5 Å². The molecular weight excluding hydrogens is 378 g/mol. The van der Waals surface area contributed by atoms with Gasteiger partial charge in [-0.25, -0.2) is 4.68 Å². The first-order chi connectivity index (χ1) is 11.2. The molecule has 0 amide bonds. The van der Waals surface area contributed by atoms with Crippen molar-refractivity contribution in [3.63, 3.8) is 0 Å². The molecule has 2 heterocycles. The largest absolute Gasteiger partial charge is 0.356 e. The number of benzene rings is 1. The summed E-state index contributed by atoms with van der Waals surface area (Å²) in [5.74, 6) is 0.818. The number of nitriles is 1. The summed E-state index contributed by atoms with van der Waals surface area (Å²) in [5.41, 5.74) is 2.14. The molecule has 1 unspecified atom stereocenters. The van der Waals surface area contributed by atoms with Crippen LogP contribution in [0.3, 0.4) is 0 Å². The van der Waals surface area contributed by atoms with Gasteiger partial charge in [0.25, 0.3) is 0 Å². The molecule has 2 aliphatic rings. The summed E-state index contributed by atoms with van der Waals surface area (Å²) in [7, 11) is 0. The Labute approximate surface area is 148 Å². The van der Waals surface area contributed by atoms with Crippen LogP contribution in [0, 0.1) is 17.2 Å². The predicted molar refractivity (Wildman–Crippen MR) is 92.4 cm³/mol. The molecule has 4 nitrogen and oxygen atoms in total. The first-order valence-corrected chi connectivity index (χ1v) is 9.21. The van der Waals surface area contributed by atoms with E-state index in [-0.39, 0.29) is 6.23 Å². The van der Waals surface area contributed by atoms with Gasteiger partial charge in [-0.3, -0.25) is 0 Å². The molecule has 1 aromatic carbocycles. The lowest BCUT2D eigenvalue weighted by Crippen LogP contribution is -2.18. The highest BCUT2D eigenvalue weighted by Gasteiger charge is 2.41. The van der Waals surface area contributed by atoms with Crippen LogP contribution in [0.5, 0.6) is 0 Å². The molecule has 1 saturated carbocycles. The Balaban J connectivity index is 1.74. The lowest BCUT2D eigenvalue weighted by molar-refractivity contribution is -0.0366. The van der Waals surface area contributed by atoms with Crippen molar-refractivity contribution in [2.45, 2.75) is 44.2 Å². The van der Waals surface area contributed by atoms with Crippen molar-refractivity contribution in [2.75, 3.05) is 6.61 Å². The van der Waals surface area contributed by atoms with Gasteiger partial charge in [0.05, 0.1) is 17.8 Å². The van der Waals surface area contributed by atoms with Crippen molar-refractivity contribution in [3.8, 4) is 6.07 Å². The van der Waals surface area contributed by atoms with E-state index in [9.17, 15) is 0 Å². The molecule has 0 bridgehead atoms. The fourth-order valence-electron chi connectivity index (χ4n) is 3.56. The topological polar surface area (TPSA) is 50.8 Å². The van der Waals surface area contributed by atoms with Gasteiger partial charge < -0.3 is 4.74 Å². The highest BCUT2D eigenvalue weighted by atomic mass is 79.9. The Hall–Kier alpha value is -1.09. The average Bonchev–Trinajstić information content (AvgIpc) is 3.16. The van der Waals surface area contributed by atoms with Crippen molar-refractivity contribution in [1.82, 2.24) is 9.78 Å². The zero-order valence-corrected chi connectivity index (χ0v) is 15.0. The van der Waals surface area contributed by atoms with Gasteiger partial charge in [0, 0.05) is 27.9 Å². The van der Waals surface area contributed by atoms with Gasteiger partial charge in [-0.15, -0.1) is 0 Å². The quantitative estimate of drug-likeness (QED) is 0.721. The van der Waals surface area contributed by atoms with E-state index in [1.807, 2.05) is 16.9 Å². The lowest BCUT2D eigenvalue weighted by atomic mass is 10.1. The van der Waals surface area contributed by atoms with Gasteiger partial charge >= 0.3 is 0 Å². The average molecular weight is 395 g/mol. The molecule has 1 aliphatic heterocycles. The third-order valence-corrected chi connectivity index (χ3v) is 6.07. The molecule has 1 aliphatic carbocycles. The molecule has 3 atom stereocenters. The second-order valence-electron chi connectivity index (χ2n) is 6.39. The molecule has 1 aromatic heterocycles. The maximum atomic E-state index is 8.88. The van der Waals surface area contributed by atoms with Crippen LogP contribution in [-0.2, 0) is 4.74 Å². The van der Waals surface area contributed by atoms with E-state index in [0.29, 0.717) is 18.3 Å². The van der Waals surface area contributed by atoms with Crippen molar-refractivity contribution in [2.24, 2.45) is 5.92 Å². The minimum absolute atomic E-state index is 0.00216. The second-order valence-corrected chi connectivity index (χ2v) is 7.59. The molecule has 23 heavy (non-hydrogen) atoms. The van der Waals surface area contributed by atoms with Crippen LogP contribution in [0.15, 0.2) is 16.7 Å². The van der Waals surface area contributed by atoms with Crippen molar-refractivity contribution >= 4 is 38.4 Å². The first-order valence-electron chi connectivity index (χ1n) is 8.04. The summed E-state index contributed by atoms with van der Waals surface area (Å²) < 4.78 is 8.83. The molecule has 1 saturated heterocycles. The maximum absolute atomic E-state index is 8.88. The fourth-order valence-corrected chi connectivity index (χ4v) is 4.83. The normalized spacial score (nSPS) is 27.1. The minimum Gasteiger partial charge on any atom is -0.356 e. The Morgan fingerprint density at radius 1 is 1.48 bits per heavy atom. The SMILES string of the molecule is N#CC[C@H]1C[C@H]1c1c(Cl)cc2c(cnn2C2CCCCO2)c1Br. The van der Waals surface area contributed by atoms with Crippen LogP contribution in [-0.4, -0.2) is 16.4 Å². The number of rotatable bonds is 3. The summed E-state index contributed by atoms with van der Waals surface area (Å²) in [5, 5.41) is 15.3. The van der Waals surface area contributed by atoms with Crippen molar-refractivity contribution in [1.29, 1.82) is 5.26 Å². The monoisotopic (exact) mass is 393 g/mol. The number of halogens is 2. The van der Waals surface area contributed by atoms with Crippen LogP contribution in [0.25, 0.3) is 10.9 Å². The molecule has 0 N–H and O–H groups in total. The number of aromatic nitrogens is 2. The standard InChI is InChI=1S/C17H17BrClN3O/c18-17-12-9-21-22(15-3-1-2-6-23-15)14(12)8-13(19)16(17)11-7-10(11)4-5-20/h8-11,15H,1-4,6-7H2/t10-,11+,15?/m0/s1. The zero-order valence-electron chi connectivity index (χ0n) is 12.6. The molecule has 120 valence electrons. The summed E-state index contributed by atoms with van der Waals surface area (Å²) in [4.78, 5) is 0. The summed E-state index contributed by atoms with van der Waals surface area (Å²) in [6.45, 7) is 0.789. The van der Waals surface area contributed by atoms with Crippen molar-refractivity contribution < 1.29 is 4.74 Å². The lowest BCUT2D eigenvalue weighted by Gasteiger charge is -2.23. The first kappa shape index (κ1) is 15.4. The predicted octanol–water partition coefficient (Wildman–Crippen LogP) is 5.17. The van der Waals surface area contributed by atoms with E-state index in [1.165, 1.54) is 0 Å². The van der Waals surface area contributed by atoms with E-state index in [0.717, 1.165) is 58.3 Å². The zero-order chi connectivity index (χ0) is 16.0. The molecule has 4 rings (SSSR count). The third kappa shape index (κ3) is 2.67. The number of hydrogen-bond donors (Lipinski definition) is 0.